The molecule has 0 radical (unpaired) electrons. The summed E-state index contributed by atoms with van der Waals surface area (Å²) in [5.41, 5.74) is 13.5. The number of hydrogen-bond acceptors (Lipinski definition) is 2. The van der Waals surface area contributed by atoms with E-state index >= 15 is 0 Å². The Labute approximate surface area is 330 Å². The lowest BCUT2D eigenvalue weighted by Crippen LogP contribution is -2.10. The summed E-state index contributed by atoms with van der Waals surface area (Å²) < 4.78 is 8.83. The molecule has 0 atom stereocenters. The maximum atomic E-state index is 6.45. The van der Waals surface area contributed by atoms with Gasteiger partial charge in [-0.15, -0.1) is 0 Å². The lowest BCUT2D eigenvalue weighted by atomic mass is 9.99. The third kappa shape index (κ3) is 5.68. The number of nitrogens with zero attached hydrogens (tertiary/aromatic N) is 2. The molecule has 0 unspecified atom stereocenters. The van der Waals surface area contributed by atoms with Gasteiger partial charge in [0.05, 0.1) is 16.7 Å². The number of furan rings is 1. The van der Waals surface area contributed by atoms with Crippen molar-refractivity contribution in [3.8, 4) is 39.3 Å². The molecule has 0 spiro atoms. The first-order valence-electron chi connectivity index (χ1n) is 19.4. The van der Waals surface area contributed by atoms with Crippen LogP contribution in [0.5, 0.6) is 0 Å². The summed E-state index contributed by atoms with van der Waals surface area (Å²) in [7, 11) is 0. The molecule has 0 N–H and O–H groups in total. The predicted octanol–water partition coefficient (Wildman–Crippen LogP) is 15.2. The van der Waals surface area contributed by atoms with E-state index in [9.17, 15) is 0 Å². The van der Waals surface area contributed by atoms with Crippen LogP contribution in [0.4, 0.5) is 17.1 Å². The summed E-state index contributed by atoms with van der Waals surface area (Å²) in [5.74, 6) is 0.886. The van der Waals surface area contributed by atoms with Crippen molar-refractivity contribution in [2.45, 2.75) is 0 Å². The molecule has 9 aromatic carbocycles. The van der Waals surface area contributed by atoms with Gasteiger partial charge in [-0.3, -0.25) is 0 Å². The quantitative estimate of drug-likeness (QED) is 0.163. The number of fused-ring (bicyclic) bond motifs is 6. The average molecular weight is 729 g/mol. The first kappa shape index (κ1) is 32.8. The Bertz CT molecular complexity index is 3200. The van der Waals surface area contributed by atoms with Crippen LogP contribution in [0, 0.1) is 0 Å². The van der Waals surface area contributed by atoms with E-state index in [0.29, 0.717) is 0 Å². The largest absolute Gasteiger partial charge is 0.455 e. The van der Waals surface area contributed by atoms with Crippen LogP contribution in [0.3, 0.4) is 0 Å². The standard InChI is InChI=1S/C54H36N2O/c1-4-13-37(14-5-1)38-25-30-45(31-26-38)55(50-21-12-22-51-53(50)48-19-10-11-20-49(48)56(51)44-17-8-3-9-18-44)46-32-27-39(28-33-46)41-29-34-47-42(35-41)23-24-43-36-52(57-54(43)47)40-15-6-2-7-16-40/h1-36H. The number of anilines is 3. The van der Waals surface area contributed by atoms with Crippen molar-refractivity contribution in [1.82, 2.24) is 4.57 Å². The molecule has 0 aliphatic carbocycles. The van der Waals surface area contributed by atoms with Crippen LogP contribution in [0.25, 0.3) is 82.8 Å². The van der Waals surface area contributed by atoms with E-state index in [1.165, 1.54) is 32.9 Å². The Kier molecular flexibility index (Phi) is 7.82. The van der Waals surface area contributed by atoms with E-state index in [1.807, 2.05) is 18.2 Å². The molecule has 0 aliphatic rings. The van der Waals surface area contributed by atoms with E-state index in [2.05, 4.69) is 210 Å². The van der Waals surface area contributed by atoms with E-state index < -0.39 is 0 Å². The van der Waals surface area contributed by atoms with E-state index in [-0.39, 0.29) is 0 Å². The van der Waals surface area contributed by atoms with Gasteiger partial charge in [0.2, 0.25) is 0 Å². The number of rotatable bonds is 7. The van der Waals surface area contributed by atoms with E-state index in [0.717, 1.165) is 66.9 Å². The molecule has 57 heavy (non-hydrogen) atoms. The van der Waals surface area contributed by atoms with Crippen LogP contribution in [-0.2, 0) is 0 Å². The molecule has 0 bridgehead atoms. The third-order valence-electron chi connectivity index (χ3n) is 11.2. The SMILES string of the molecule is c1ccc(-c2ccc(N(c3ccc(-c4ccc5c(ccc6cc(-c7ccccc7)oc65)c4)cc3)c3cccc4c3c3ccccc3n4-c3ccccc3)cc2)cc1. The molecule has 11 rings (SSSR count). The highest BCUT2D eigenvalue weighted by atomic mass is 16.3. The van der Waals surface area contributed by atoms with Crippen LogP contribution in [0.15, 0.2) is 223 Å². The van der Waals surface area contributed by atoms with Gasteiger partial charge in [-0.25, -0.2) is 0 Å². The zero-order valence-electron chi connectivity index (χ0n) is 31.1. The van der Waals surface area contributed by atoms with Crippen molar-refractivity contribution < 1.29 is 4.42 Å². The summed E-state index contributed by atoms with van der Waals surface area (Å²) in [6.07, 6.45) is 0. The number of aromatic nitrogens is 1. The van der Waals surface area contributed by atoms with Gasteiger partial charge in [0, 0.05) is 44.2 Å². The fourth-order valence-corrected chi connectivity index (χ4v) is 8.46. The molecule has 0 fully saturated rings. The molecule has 2 heterocycles. The Morgan fingerprint density at radius 3 is 1.65 bits per heavy atom. The van der Waals surface area contributed by atoms with Crippen molar-refractivity contribution >= 4 is 60.6 Å². The first-order chi connectivity index (χ1) is 28.3. The molecule has 268 valence electrons. The summed E-state index contributed by atoms with van der Waals surface area (Å²) >= 11 is 0. The average Bonchev–Trinajstić information content (AvgIpc) is 3.88. The van der Waals surface area contributed by atoms with Gasteiger partial charge in [-0.05, 0) is 100 Å². The molecule has 0 saturated heterocycles. The fraction of sp³-hybridized carbons (Fsp3) is 0. The monoisotopic (exact) mass is 728 g/mol. The molecule has 2 aromatic heterocycles. The van der Waals surface area contributed by atoms with Gasteiger partial charge in [0.15, 0.2) is 0 Å². The Morgan fingerprint density at radius 1 is 0.368 bits per heavy atom. The van der Waals surface area contributed by atoms with Crippen LogP contribution in [-0.4, -0.2) is 4.57 Å². The van der Waals surface area contributed by atoms with Crippen molar-refractivity contribution in [3.63, 3.8) is 0 Å². The number of hydrogen-bond donors (Lipinski definition) is 0. The van der Waals surface area contributed by atoms with Gasteiger partial charge < -0.3 is 13.9 Å². The minimum absolute atomic E-state index is 0.886. The summed E-state index contributed by atoms with van der Waals surface area (Å²) in [5, 5.41) is 5.80. The van der Waals surface area contributed by atoms with Crippen molar-refractivity contribution in [2.75, 3.05) is 4.90 Å². The van der Waals surface area contributed by atoms with Gasteiger partial charge >= 0.3 is 0 Å². The first-order valence-corrected chi connectivity index (χ1v) is 19.4. The molecule has 11 aromatic rings. The smallest absolute Gasteiger partial charge is 0.142 e. The van der Waals surface area contributed by atoms with Crippen molar-refractivity contribution in [1.29, 1.82) is 0 Å². The summed E-state index contributed by atoms with van der Waals surface area (Å²) in [4.78, 5) is 2.40. The molecule has 3 nitrogen and oxygen atoms in total. The topological polar surface area (TPSA) is 21.3 Å². The lowest BCUT2D eigenvalue weighted by Gasteiger charge is -2.27. The molecular weight excluding hydrogens is 693 g/mol. The summed E-state index contributed by atoms with van der Waals surface area (Å²) in [6, 6.07) is 78.1. The van der Waals surface area contributed by atoms with Gasteiger partial charge in [-0.1, -0.05) is 146 Å². The Morgan fingerprint density at radius 2 is 0.930 bits per heavy atom. The highest BCUT2D eigenvalue weighted by molar-refractivity contribution is 6.16. The van der Waals surface area contributed by atoms with Crippen LogP contribution in [0.2, 0.25) is 0 Å². The zero-order chi connectivity index (χ0) is 37.7. The second kappa shape index (κ2) is 13.6. The zero-order valence-corrected chi connectivity index (χ0v) is 31.1. The lowest BCUT2D eigenvalue weighted by molar-refractivity contribution is 0.635. The Balaban J connectivity index is 1.03. The minimum Gasteiger partial charge on any atom is -0.455 e. The number of benzene rings is 9. The van der Waals surface area contributed by atoms with Crippen molar-refractivity contribution in [3.05, 3.63) is 218 Å². The van der Waals surface area contributed by atoms with Gasteiger partial charge in [0.1, 0.15) is 11.3 Å². The molecule has 0 saturated carbocycles. The second-order valence-corrected chi connectivity index (χ2v) is 14.6. The van der Waals surface area contributed by atoms with Crippen molar-refractivity contribution in [2.24, 2.45) is 0 Å². The summed E-state index contributed by atoms with van der Waals surface area (Å²) in [6.45, 7) is 0. The minimum atomic E-state index is 0.886. The van der Waals surface area contributed by atoms with Crippen LogP contribution in [0.1, 0.15) is 0 Å². The highest BCUT2D eigenvalue weighted by Crippen LogP contribution is 2.44. The van der Waals surface area contributed by atoms with E-state index in [4.69, 9.17) is 4.42 Å². The maximum absolute atomic E-state index is 6.45. The fourth-order valence-electron chi connectivity index (χ4n) is 8.46. The predicted molar refractivity (Wildman–Crippen MR) is 239 cm³/mol. The molecule has 0 aliphatic heterocycles. The molecule has 0 amide bonds. The maximum Gasteiger partial charge on any atom is 0.142 e. The second-order valence-electron chi connectivity index (χ2n) is 14.6. The highest BCUT2D eigenvalue weighted by Gasteiger charge is 2.21. The van der Waals surface area contributed by atoms with Crippen LogP contribution < -0.4 is 4.90 Å². The van der Waals surface area contributed by atoms with Crippen LogP contribution >= 0.6 is 0 Å². The van der Waals surface area contributed by atoms with Gasteiger partial charge in [0.25, 0.3) is 0 Å². The van der Waals surface area contributed by atoms with Gasteiger partial charge in [-0.2, -0.15) is 0 Å². The van der Waals surface area contributed by atoms with E-state index in [1.54, 1.807) is 0 Å². The normalized spacial score (nSPS) is 11.5. The Hall–Kier alpha value is -7.62. The molecule has 3 heteroatoms. The number of para-hydroxylation sites is 2. The third-order valence-corrected chi connectivity index (χ3v) is 11.2. The molecular formula is C54H36N2O.